The summed E-state index contributed by atoms with van der Waals surface area (Å²) in [5.74, 6) is -2.84. The molecule has 34 heavy (non-hydrogen) atoms. The van der Waals surface area contributed by atoms with Gasteiger partial charge in [0.15, 0.2) is 6.61 Å². The van der Waals surface area contributed by atoms with E-state index in [1.54, 1.807) is 18.2 Å². The monoisotopic (exact) mass is 522 g/mol. The van der Waals surface area contributed by atoms with Gasteiger partial charge >= 0.3 is 5.97 Å². The number of esters is 1. The summed E-state index contributed by atoms with van der Waals surface area (Å²) in [5, 5.41) is 2.38. The summed E-state index contributed by atoms with van der Waals surface area (Å²) in [6, 6.07) is 10.9. The van der Waals surface area contributed by atoms with Crippen LogP contribution in [0.15, 0.2) is 42.5 Å². The summed E-state index contributed by atoms with van der Waals surface area (Å²) in [4.78, 5) is 51.2. The molecule has 1 saturated carbocycles. The Labute approximate surface area is 211 Å². The summed E-state index contributed by atoms with van der Waals surface area (Å²) >= 11 is 18.5. The number of fused-ring (bicyclic) bond motifs is 1. The Bertz CT molecular complexity index is 1130. The van der Waals surface area contributed by atoms with E-state index in [9.17, 15) is 19.2 Å². The Morgan fingerprint density at radius 3 is 2.15 bits per heavy atom. The predicted octanol–water partition coefficient (Wildman–Crippen LogP) is 4.56. The van der Waals surface area contributed by atoms with Crippen molar-refractivity contribution < 1.29 is 23.9 Å². The van der Waals surface area contributed by atoms with Crippen LogP contribution in [-0.4, -0.2) is 41.1 Å². The Morgan fingerprint density at radius 1 is 1.00 bits per heavy atom. The molecule has 0 unspecified atom stereocenters. The molecule has 0 aromatic heterocycles. The van der Waals surface area contributed by atoms with Gasteiger partial charge in [-0.3, -0.25) is 19.3 Å². The number of carbonyl (C=O) groups is 4. The summed E-state index contributed by atoms with van der Waals surface area (Å²) in [7, 11) is 0. The maximum Gasteiger partial charge on any atom is 0.338 e. The first-order valence-electron chi connectivity index (χ1n) is 10.6. The zero-order valence-corrected chi connectivity index (χ0v) is 20.4. The fourth-order valence-corrected chi connectivity index (χ4v) is 4.95. The van der Waals surface area contributed by atoms with Crippen LogP contribution in [0.5, 0.6) is 0 Å². The highest BCUT2D eigenvalue weighted by atomic mass is 35.5. The second-order valence-electron chi connectivity index (χ2n) is 8.36. The number of hydrogen-bond donors (Lipinski definition) is 1. The van der Waals surface area contributed by atoms with Gasteiger partial charge < -0.3 is 10.1 Å². The number of ether oxygens (including phenoxy) is 1. The number of halogens is 3. The summed E-state index contributed by atoms with van der Waals surface area (Å²) in [5.41, 5.74) is 1.89. The van der Waals surface area contributed by atoms with Crippen LogP contribution in [0.2, 0.25) is 5.02 Å². The molecule has 2 aliphatic rings. The minimum absolute atomic E-state index is 0.174. The molecule has 7 nitrogen and oxygen atoms in total. The minimum Gasteiger partial charge on any atom is -0.452 e. The van der Waals surface area contributed by atoms with Crippen molar-refractivity contribution in [3.8, 4) is 0 Å². The van der Waals surface area contributed by atoms with Gasteiger partial charge in [0.25, 0.3) is 5.91 Å². The number of alkyl halides is 2. The standard InChI is InChI=1S/C24H21Cl3N2O5/c1-12-2-5-14(8-18(12)25)28-21(30)11-34-24(33)13-3-6-15(7-4-13)29-22(31)16-9-19(26)20(27)10-17(16)23(29)32/h2-8,16-17,19-20H,9-11H2,1H3,(H,28,30)/t16-,17-,19+,20+/m1/s1. The molecule has 3 amide bonds. The van der Waals surface area contributed by atoms with Gasteiger partial charge in [0.2, 0.25) is 11.8 Å². The van der Waals surface area contributed by atoms with E-state index in [1.807, 2.05) is 6.92 Å². The summed E-state index contributed by atoms with van der Waals surface area (Å²) < 4.78 is 5.06. The number of benzene rings is 2. The van der Waals surface area contributed by atoms with Crippen LogP contribution in [0.3, 0.4) is 0 Å². The smallest absolute Gasteiger partial charge is 0.338 e. The van der Waals surface area contributed by atoms with Gasteiger partial charge in [0, 0.05) is 10.7 Å². The number of aryl methyl sites for hydroxylation is 1. The molecule has 1 saturated heterocycles. The van der Waals surface area contributed by atoms with E-state index in [-0.39, 0.29) is 28.1 Å². The van der Waals surface area contributed by atoms with Crippen LogP contribution >= 0.6 is 34.8 Å². The normalized spacial score (nSPS) is 24.1. The number of hydrogen-bond acceptors (Lipinski definition) is 5. The van der Waals surface area contributed by atoms with Crippen molar-refractivity contribution in [3.63, 3.8) is 0 Å². The van der Waals surface area contributed by atoms with Gasteiger partial charge in [0.1, 0.15) is 0 Å². The first-order valence-corrected chi connectivity index (χ1v) is 11.9. The molecule has 2 aromatic carbocycles. The van der Waals surface area contributed by atoms with Crippen LogP contribution in [-0.2, 0) is 19.1 Å². The van der Waals surface area contributed by atoms with Crippen molar-refractivity contribution in [1.82, 2.24) is 0 Å². The fourth-order valence-electron chi connectivity index (χ4n) is 4.18. The Balaban J connectivity index is 1.36. The molecule has 2 aromatic rings. The average molecular weight is 524 g/mol. The van der Waals surface area contributed by atoms with E-state index >= 15 is 0 Å². The van der Waals surface area contributed by atoms with Gasteiger partial charge in [-0.05, 0) is 61.7 Å². The van der Waals surface area contributed by atoms with E-state index in [4.69, 9.17) is 39.5 Å². The largest absolute Gasteiger partial charge is 0.452 e. The maximum absolute atomic E-state index is 12.8. The van der Waals surface area contributed by atoms with E-state index in [2.05, 4.69) is 5.32 Å². The summed E-state index contributed by atoms with van der Waals surface area (Å²) in [6.45, 7) is 1.35. The summed E-state index contributed by atoms with van der Waals surface area (Å²) in [6.07, 6.45) is 0.700. The van der Waals surface area contributed by atoms with E-state index < -0.39 is 30.3 Å². The number of carbonyl (C=O) groups excluding carboxylic acids is 4. The van der Waals surface area contributed by atoms with Crippen LogP contribution in [0, 0.1) is 18.8 Å². The van der Waals surface area contributed by atoms with Crippen molar-refractivity contribution in [2.24, 2.45) is 11.8 Å². The number of imide groups is 1. The molecule has 1 aliphatic carbocycles. The van der Waals surface area contributed by atoms with Crippen molar-refractivity contribution in [2.75, 3.05) is 16.8 Å². The van der Waals surface area contributed by atoms with Crippen molar-refractivity contribution in [3.05, 3.63) is 58.6 Å². The second-order valence-corrected chi connectivity index (χ2v) is 9.89. The highest BCUT2D eigenvalue weighted by Crippen LogP contribution is 2.43. The molecule has 0 spiro atoms. The lowest BCUT2D eigenvalue weighted by Crippen LogP contribution is -2.34. The number of amides is 3. The van der Waals surface area contributed by atoms with Gasteiger partial charge in [-0.25, -0.2) is 4.79 Å². The number of nitrogens with one attached hydrogen (secondary N) is 1. The second kappa shape index (κ2) is 9.94. The number of rotatable bonds is 5. The Kier molecular flexibility index (Phi) is 7.17. The molecule has 1 heterocycles. The Hall–Kier alpha value is -2.61. The fraction of sp³-hybridized carbons (Fsp3) is 0.333. The van der Waals surface area contributed by atoms with Crippen molar-refractivity contribution in [2.45, 2.75) is 30.5 Å². The molecule has 1 N–H and O–H groups in total. The molecule has 178 valence electrons. The molecule has 0 radical (unpaired) electrons. The van der Waals surface area contributed by atoms with Gasteiger partial charge in [0.05, 0.1) is 33.8 Å². The highest BCUT2D eigenvalue weighted by molar-refractivity contribution is 6.32. The zero-order valence-electron chi connectivity index (χ0n) is 18.1. The molecular formula is C24H21Cl3N2O5. The van der Waals surface area contributed by atoms with E-state index in [0.29, 0.717) is 29.2 Å². The van der Waals surface area contributed by atoms with Crippen molar-refractivity contribution in [1.29, 1.82) is 0 Å². The van der Waals surface area contributed by atoms with Crippen molar-refractivity contribution >= 4 is 69.9 Å². The molecule has 10 heteroatoms. The third-order valence-electron chi connectivity index (χ3n) is 6.06. The first kappa shape index (κ1) is 24.5. The average Bonchev–Trinajstić information content (AvgIpc) is 3.04. The molecular weight excluding hydrogens is 503 g/mol. The zero-order chi connectivity index (χ0) is 24.6. The topological polar surface area (TPSA) is 92.8 Å². The van der Waals surface area contributed by atoms with Crippen LogP contribution in [0.4, 0.5) is 11.4 Å². The van der Waals surface area contributed by atoms with Gasteiger partial charge in [-0.2, -0.15) is 0 Å². The first-order chi connectivity index (χ1) is 16.2. The number of anilines is 2. The molecule has 4 atom stereocenters. The van der Waals surface area contributed by atoms with Crippen LogP contribution in [0.1, 0.15) is 28.8 Å². The SMILES string of the molecule is Cc1ccc(NC(=O)COC(=O)c2ccc(N3C(=O)[C@@H]4C[C@H](Cl)[C@@H](Cl)C[C@H]4C3=O)cc2)cc1Cl. The lowest BCUT2D eigenvalue weighted by atomic mass is 9.80. The predicted molar refractivity (Wildman–Crippen MR) is 130 cm³/mol. The highest BCUT2D eigenvalue weighted by Gasteiger charge is 2.52. The third-order valence-corrected chi connectivity index (χ3v) is 7.56. The molecule has 0 bridgehead atoms. The number of nitrogens with zero attached hydrogens (tertiary/aromatic N) is 1. The van der Waals surface area contributed by atoms with Gasteiger partial charge in [-0.15, -0.1) is 23.2 Å². The third kappa shape index (κ3) is 4.92. The lowest BCUT2D eigenvalue weighted by molar-refractivity contribution is -0.122. The molecule has 1 aliphatic heterocycles. The lowest BCUT2D eigenvalue weighted by Gasteiger charge is -2.28. The minimum atomic E-state index is -0.716. The Morgan fingerprint density at radius 2 is 1.59 bits per heavy atom. The van der Waals surface area contributed by atoms with Crippen LogP contribution in [0.25, 0.3) is 0 Å². The molecule has 4 rings (SSSR count). The van der Waals surface area contributed by atoms with Crippen LogP contribution < -0.4 is 10.2 Å². The van der Waals surface area contributed by atoms with E-state index in [0.717, 1.165) is 10.5 Å². The van der Waals surface area contributed by atoms with Gasteiger partial charge in [-0.1, -0.05) is 17.7 Å². The quantitative estimate of drug-likeness (QED) is 0.352. The maximum atomic E-state index is 12.8. The molecule has 2 fully saturated rings. The van der Waals surface area contributed by atoms with E-state index in [1.165, 1.54) is 24.3 Å².